The summed E-state index contributed by atoms with van der Waals surface area (Å²) in [5.41, 5.74) is 8.77. The molecule has 0 atom stereocenters. The molecule has 1 aliphatic heterocycles. The van der Waals surface area contributed by atoms with Crippen LogP contribution in [0.5, 0.6) is 0 Å². The molecule has 1 saturated heterocycles. The second-order valence-corrected chi connectivity index (χ2v) is 7.55. The highest BCUT2D eigenvalue weighted by atomic mass is 19.4. The molecule has 0 spiro atoms. The van der Waals surface area contributed by atoms with Gasteiger partial charge >= 0.3 is 12.1 Å². The minimum absolute atomic E-state index is 0.0746. The molecule has 0 saturated carbocycles. The van der Waals surface area contributed by atoms with Gasteiger partial charge in [-0.15, -0.1) is 0 Å². The summed E-state index contributed by atoms with van der Waals surface area (Å²) in [6.07, 6.45) is 2.45. The molecule has 2 N–H and O–H groups in total. The number of hydrogen-bond donors (Lipinski definition) is 1. The van der Waals surface area contributed by atoms with Crippen LogP contribution in [0.15, 0.2) is 12.1 Å². The number of benzene rings is 1. The summed E-state index contributed by atoms with van der Waals surface area (Å²) < 4.78 is 39.8. The van der Waals surface area contributed by atoms with Crippen LogP contribution in [0.4, 0.5) is 24.5 Å². The third-order valence-electron chi connectivity index (χ3n) is 5.63. The Morgan fingerprint density at radius 3 is 2.37 bits per heavy atom. The Balaban J connectivity index is 1.81. The van der Waals surface area contributed by atoms with E-state index in [2.05, 4.69) is 4.90 Å². The van der Waals surface area contributed by atoms with Crippen molar-refractivity contribution in [2.24, 2.45) is 0 Å². The van der Waals surface area contributed by atoms with Crippen LogP contribution in [0.3, 0.4) is 0 Å². The number of nitrogen functional groups attached to an aromatic ring is 1. The van der Waals surface area contributed by atoms with Crippen LogP contribution in [0.1, 0.15) is 49.7 Å². The van der Waals surface area contributed by atoms with E-state index >= 15 is 0 Å². The largest absolute Gasteiger partial charge is 0.471 e. The molecular formula is C20H28F3N3O. The average molecular weight is 383 g/mol. The predicted octanol–water partition coefficient (Wildman–Crippen LogP) is 3.92. The normalized spacial score (nSPS) is 18.2. The summed E-state index contributed by atoms with van der Waals surface area (Å²) in [6, 6.07) is 3.23. The second-order valence-electron chi connectivity index (χ2n) is 7.55. The van der Waals surface area contributed by atoms with E-state index in [4.69, 9.17) is 5.73 Å². The first-order valence-electron chi connectivity index (χ1n) is 9.89. The summed E-state index contributed by atoms with van der Waals surface area (Å²) in [6.45, 7) is 2.78. The fourth-order valence-electron chi connectivity index (χ4n) is 4.25. The van der Waals surface area contributed by atoms with Gasteiger partial charge < -0.3 is 15.5 Å². The summed E-state index contributed by atoms with van der Waals surface area (Å²) in [7, 11) is 0. The van der Waals surface area contributed by atoms with Crippen molar-refractivity contribution >= 4 is 17.3 Å². The van der Waals surface area contributed by atoms with Crippen molar-refractivity contribution in [3.63, 3.8) is 0 Å². The van der Waals surface area contributed by atoms with E-state index in [1.807, 2.05) is 0 Å². The Hall–Kier alpha value is -1.76. The third-order valence-corrected chi connectivity index (χ3v) is 5.63. The number of fused-ring (bicyclic) bond motifs is 1. The number of piperidine rings is 1. The van der Waals surface area contributed by atoms with Crippen molar-refractivity contribution in [1.82, 2.24) is 4.90 Å². The molecule has 0 aromatic heterocycles. The van der Waals surface area contributed by atoms with Crippen molar-refractivity contribution in [1.29, 1.82) is 0 Å². The van der Waals surface area contributed by atoms with Crippen molar-refractivity contribution in [2.45, 2.75) is 57.5 Å². The molecule has 0 unspecified atom stereocenters. The Bertz CT molecular complexity index is 669. The lowest BCUT2D eigenvalue weighted by Gasteiger charge is -2.31. The summed E-state index contributed by atoms with van der Waals surface area (Å²) in [5.74, 6) is -1.78. The molecule has 4 nitrogen and oxygen atoms in total. The van der Waals surface area contributed by atoms with Crippen molar-refractivity contribution in [2.75, 3.05) is 36.8 Å². The van der Waals surface area contributed by atoms with E-state index in [9.17, 15) is 18.0 Å². The Morgan fingerprint density at radius 1 is 1.04 bits per heavy atom. The zero-order chi connectivity index (χ0) is 19.4. The van der Waals surface area contributed by atoms with Gasteiger partial charge in [0.15, 0.2) is 0 Å². The summed E-state index contributed by atoms with van der Waals surface area (Å²) in [5, 5.41) is 0. The fourth-order valence-corrected chi connectivity index (χ4v) is 4.25. The van der Waals surface area contributed by atoms with E-state index in [-0.39, 0.29) is 6.54 Å². The van der Waals surface area contributed by atoms with E-state index in [0.29, 0.717) is 24.2 Å². The zero-order valence-corrected chi connectivity index (χ0v) is 15.7. The van der Waals surface area contributed by atoms with E-state index < -0.39 is 12.1 Å². The minimum atomic E-state index is -4.88. The molecular weight excluding hydrogens is 355 g/mol. The lowest BCUT2D eigenvalue weighted by Crippen LogP contribution is -2.43. The van der Waals surface area contributed by atoms with Crippen molar-refractivity contribution < 1.29 is 18.0 Å². The number of nitrogens with two attached hydrogens (primary N) is 1. The first-order valence-corrected chi connectivity index (χ1v) is 9.89. The first-order chi connectivity index (χ1) is 12.9. The van der Waals surface area contributed by atoms with E-state index in [1.165, 1.54) is 6.42 Å². The summed E-state index contributed by atoms with van der Waals surface area (Å²) in [4.78, 5) is 15.4. The van der Waals surface area contributed by atoms with Gasteiger partial charge in [-0.1, -0.05) is 6.42 Å². The van der Waals surface area contributed by atoms with Crippen LogP contribution < -0.4 is 10.6 Å². The number of nitrogens with zero attached hydrogens (tertiary/aromatic N) is 2. The van der Waals surface area contributed by atoms with Crippen molar-refractivity contribution in [3.05, 3.63) is 23.3 Å². The van der Waals surface area contributed by atoms with Crippen LogP contribution in [-0.2, 0) is 17.6 Å². The van der Waals surface area contributed by atoms with Gasteiger partial charge in [0.05, 0.1) is 0 Å². The molecule has 0 radical (unpaired) electrons. The van der Waals surface area contributed by atoms with Crippen molar-refractivity contribution in [3.8, 4) is 0 Å². The number of likely N-dealkylation sites (tertiary alicyclic amines) is 1. The standard InChI is InChI=1S/C20H28F3N3O/c21-20(22,23)19(27)26(14-6-13-25-11-4-1-5-12-25)18-10-9-17(24)15-7-2-3-8-16(15)18/h9-10H,1-8,11-14,24H2. The number of anilines is 2. The zero-order valence-electron chi connectivity index (χ0n) is 15.7. The third kappa shape index (κ3) is 4.75. The molecule has 150 valence electrons. The minimum Gasteiger partial charge on any atom is -0.398 e. The van der Waals surface area contributed by atoms with Gasteiger partial charge in [0, 0.05) is 17.9 Å². The number of carbonyl (C=O) groups is 1. The van der Waals surface area contributed by atoms with Gasteiger partial charge in [-0.2, -0.15) is 13.2 Å². The van der Waals surface area contributed by atoms with Gasteiger partial charge in [-0.05, 0) is 87.8 Å². The highest BCUT2D eigenvalue weighted by molar-refractivity contribution is 5.98. The van der Waals surface area contributed by atoms with Crippen LogP contribution in [0.25, 0.3) is 0 Å². The lowest BCUT2D eigenvalue weighted by molar-refractivity contribution is -0.170. The number of hydrogen-bond acceptors (Lipinski definition) is 3. The molecule has 2 aliphatic rings. The average Bonchev–Trinajstić information content (AvgIpc) is 2.66. The van der Waals surface area contributed by atoms with Gasteiger partial charge in [0.1, 0.15) is 0 Å². The highest BCUT2D eigenvalue weighted by Gasteiger charge is 2.43. The molecule has 1 aliphatic carbocycles. The lowest BCUT2D eigenvalue weighted by atomic mass is 9.88. The molecule has 27 heavy (non-hydrogen) atoms. The molecule has 3 rings (SSSR count). The van der Waals surface area contributed by atoms with E-state index in [0.717, 1.165) is 67.8 Å². The van der Waals surface area contributed by atoms with Gasteiger partial charge in [0.2, 0.25) is 0 Å². The maximum atomic E-state index is 13.3. The maximum Gasteiger partial charge on any atom is 0.471 e. The molecule has 1 amide bonds. The second kappa shape index (κ2) is 8.50. The molecule has 1 aromatic rings. The van der Waals surface area contributed by atoms with Crippen LogP contribution >= 0.6 is 0 Å². The van der Waals surface area contributed by atoms with Crippen LogP contribution in [0.2, 0.25) is 0 Å². The monoisotopic (exact) mass is 383 g/mol. The smallest absolute Gasteiger partial charge is 0.398 e. The Morgan fingerprint density at radius 2 is 1.70 bits per heavy atom. The maximum absolute atomic E-state index is 13.3. The first kappa shape index (κ1) is 20.0. The fraction of sp³-hybridized carbons (Fsp3) is 0.650. The quantitative estimate of drug-likeness (QED) is 0.784. The Kier molecular flexibility index (Phi) is 6.29. The number of amides is 1. The number of carbonyl (C=O) groups excluding carboxylic acids is 1. The molecule has 1 heterocycles. The predicted molar refractivity (Wildman–Crippen MR) is 101 cm³/mol. The van der Waals surface area contributed by atoms with E-state index in [1.54, 1.807) is 12.1 Å². The van der Waals surface area contributed by atoms with Crippen LogP contribution in [-0.4, -0.2) is 43.2 Å². The molecule has 1 aromatic carbocycles. The molecule has 1 fully saturated rings. The number of halogens is 3. The topological polar surface area (TPSA) is 49.6 Å². The molecule has 7 heteroatoms. The number of rotatable bonds is 5. The SMILES string of the molecule is Nc1ccc(N(CCCN2CCCCC2)C(=O)C(F)(F)F)c2c1CCCC2. The Labute approximate surface area is 158 Å². The number of alkyl halides is 3. The van der Waals surface area contributed by atoms with Crippen LogP contribution in [0, 0.1) is 0 Å². The van der Waals surface area contributed by atoms with Gasteiger partial charge in [0.25, 0.3) is 0 Å². The van der Waals surface area contributed by atoms with Gasteiger partial charge in [-0.3, -0.25) is 4.79 Å². The van der Waals surface area contributed by atoms with Gasteiger partial charge in [-0.25, -0.2) is 0 Å². The summed E-state index contributed by atoms with van der Waals surface area (Å²) >= 11 is 0. The molecule has 0 bridgehead atoms. The highest BCUT2D eigenvalue weighted by Crippen LogP contribution is 2.36.